The van der Waals surface area contributed by atoms with Crippen molar-refractivity contribution in [2.24, 2.45) is 0 Å². The zero-order valence-corrected chi connectivity index (χ0v) is 14.7. The molecule has 1 aromatic carbocycles. The number of aryl methyl sites for hydroxylation is 2. The molecule has 1 aromatic rings. The lowest BCUT2D eigenvalue weighted by Crippen LogP contribution is -2.35. The average molecular weight is 311 g/mol. The zero-order chi connectivity index (χ0) is 17.8. The number of carbonyl (C=O) groups excluding carboxylic acids is 1. The van der Waals surface area contributed by atoms with Gasteiger partial charge in [-0.2, -0.15) is 0 Å². The summed E-state index contributed by atoms with van der Waals surface area (Å²) < 4.78 is 4.77. The van der Waals surface area contributed by atoms with Crippen molar-refractivity contribution in [3.05, 3.63) is 35.4 Å². The molecular formula is C17H29NO4. The van der Waals surface area contributed by atoms with E-state index in [9.17, 15) is 9.59 Å². The van der Waals surface area contributed by atoms with Gasteiger partial charge in [-0.05, 0) is 34.6 Å². The third-order valence-corrected chi connectivity index (χ3v) is 2.00. The van der Waals surface area contributed by atoms with Gasteiger partial charge in [0.15, 0.2) is 0 Å². The standard InChI is InChI=1S/C8H10.C7H13NO4.C2H6/c1-7-3-5-8(2)6-4-7;1-7(2,3)12-6(11)8-4-5(9)10;1-2/h3-6H,1-2H3;4H2,1-3H3,(H,8,11)(H,9,10);1-2H3. The van der Waals surface area contributed by atoms with E-state index in [0.717, 1.165) is 0 Å². The second kappa shape index (κ2) is 11.6. The van der Waals surface area contributed by atoms with Crippen LogP contribution in [0.2, 0.25) is 0 Å². The Bertz CT molecular complexity index is 412. The minimum absolute atomic E-state index is 0.422. The van der Waals surface area contributed by atoms with Gasteiger partial charge in [-0.3, -0.25) is 4.79 Å². The highest BCUT2D eigenvalue weighted by Crippen LogP contribution is 2.05. The summed E-state index contributed by atoms with van der Waals surface area (Å²) in [5.41, 5.74) is 2.06. The molecule has 0 spiro atoms. The molecule has 0 fully saturated rings. The van der Waals surface area contributed by atoms with E-state index >= 15 is 0 Å². The number of carboxylic acid groups (broad SMARTS) is 1. The Hall–Kier alpha value is -2.04. The van der Waals surface area contributed by atoms with Crippen molar-refractivity contribution in [3.63, 3.8) is 0 Å². The lowest BCUT2D eigenvalue weighted by molar-refractivity contribution is -0.136. The molecule has 0 unspecified atom stereocenters. The smallest absolute Gasteiger partial charge is 0.408 e. The minimum Gasteiger partial charge on any atom is -0.480 e. The maximum Gasteiger partial charge on any atom is 0.408 e. The van der Waals surface area contributed by atoms with Crippen molar-refractivity contribution in [1.82, 2.24) is 5.32 Å². The number of carboxylic acids is 1. The largest absolute Gasteiger partial charge is 0.480 e. The molecular weight excluding hydrogens is 282 g/mol. The monoisotopic (exact) mass is 311 g/mol. The van der Waals surface area contributed by atoms with E-state index in [1.165, 1.54) is 11.1 Å². The molecule has 0 aliphatic rings. The Morgan fingerprint density at radius 1 is 1.05 bits per heavy atom. The molecule has 1 amide bonds. The van der Waals surface area contributed by atoms with E-state index in [-0.39, 0.29) is 0 Å². The van der Waals surface area contributed by atoms with Crippen LogP contribution >= 0.6 is 0 Å². The van der Waals surface area contributed by atoms with Crippen LogP contribution in [0.4, 0.5) is 4.79 Å². The molecule has 126 valence electrons. The molecule has 0 aliphatic carbocycles. The van der Waals surface area contributed by atoms with Crippen LogP contribution in [0, 0.1) is 13.8 Å². The summed E-state index contributed by atoms with van der Waals surface area (Å²) in [5.74, 6) is -1.10. The highest BCUT2D eigenvalue weighted by molar-refractivity contribution is 5.76. The van der Waals surface area contributed by atoms with Gasteiger partial charge in [-0.1, -0.05) is 49.2 Å². The number of aliphatic carboxylic acids is 1. The number of carbonyl (C=O) groups is 2. The molecule has 5 heteroatoms. The number of hydrogen-bond acceptors (Lipinski definition) is 3. The first kappa shape index (κ1) is 22.2. The van der Waals surface area contributed by atoms with Gasteiger partial charge in [0.2, 0.25) is 0 Å². The van der Waals surface area contributed by atoms with Crippen LogP contribution in [-0.2, 0) is 9.53 Å². The Morgan fingerprint density at radius 2 is 1.41 bits per heavy atom. The van der Waals surface area contributed by atoms with Crippen LogP contribution in [0.1, 0.15) is 45.7 Å². The van der Waals surface area contributed by atoms with E-state index in [4.69, 9.17) is 9.84 Å². The molecule has 0 aromatic heterocycles. The molecule has 1 rings (SSSR count). The van der Waals surface area contributed by atoms with Gasteiger partial charge in [0.05, 0.1) is 0 Å². The topological polar surface area (TPSA) is 75.6 Å². The molecule has 0 aliphatic heterocycles. The van der Waals surface area contributed by atoms with E-state index in [2.05, 4.69) is 43.4 Å². The fourth-order valence-corrected chi connectivity index (χ4v) is 1.10. The van der Waals surface area contributed by atoms with E-state index in [1.807, 2.05) is 13.8 Å². The van der Waals surface area contributed by atoms with Crippen LogP contribution in [0.15, 0.2) is 24.3 Å². The van der Waals surface area contributed by atoms with Crippen LogP contribution in [0.25, 0.3) is 0 Å². The van der Waals surface area contributed by atoms with Gasteiger partial charge >= 0.3 is 12.1 Å². The lowest BCUT2D eigenvalue weighted by atomic mass is 10.2. The third kappa shape index (κ3) is 16.0. The first-order chi connectivity index (χ1) is 10.1. The molecule has 0 saturated heterocycles. The quantitative estimate of drug-likeness (QED) is 0.868. The Labute approximate surface area is 133 Å². The van der Waals surface area contributed by atoms with E-state index in [0.29, 0.717) is 0 Å². The highest BCUT2D eigenvalue weighted by atomic mass is 16.6. The van der Waals surface area contributed by atoms with Crippen molar-refractivity contribution < 1.29 is 19.4 Å². The fraction of sp³-hybridized carbons (Fsp3) is 0.529. The number of benzene rings is 1. The van der Waals surface area contributed by atoms with Crippen molar-refractivity contribution in [3.8, 4) is 0 Å². The van der Waals surface area contributed by atoms with Gasteiger partial charge in [0, 0.05) is 0 Å². The number of amides is 1. The number of alkyl carbamates (subject to hydrolysis) is 1. The molecule has 0 heterocycles. The number of hydrogen-bond donors (Lipinski definition) is 2. The van der Waals surface area contributed by atoms with Crippen molar-refractivity contribution >= 4 is 12.1 Å². The van der Waals surface area contributed by atoms with Crippen LogP contribution < -0.4 is 5.32 Å². The maximum absolute atomic E-state index is 10.8. The predicted molar refractivity (Wildman–Crippen MR) is 89.1 cm³/mol. The average Bonchev–Trinajstić information content (AvgIpc) is 2.41. The summed E-state index contributed by atoms with van der Waals surface area (Å²) in [6.45, 7) is 12.9. The SMILES string of the molecule is CC.CC(C)(C)OC(=O)NCC(=O)O.Cc1ccc(C)cc1. The number of ether oxygens (including phenoxy) is 1. The number of nitrogens with one attached hydrogen (secondary N) is 1. The summed E-state index contributed by atoms with van der Waals surface area (Å²) in [7, 11) is 0. The molecule has 5 nitrogen and oxygen atoms in total. The van der Waals surface area contributed by atoms with Crippen molar-refractivity contribution in [2.45, 2.75) is 54.1 Å². The highest BCUT2D eigenvalue weighted by Gasteiger charge is 2.16. The van der Waals surface area contributed by atoms with Crippen molar-refractivity contribution in [1.29, 1.82) is 0 Å². The summed E-state index contributed by atoms with van der Waals surface area (Å²) in [4.78, 5) is 20.8. The normalized spacial score (nSPS) is 9.41. The molecule has 22 heavy (non-hydrogen) atoms. The van der Waals surface area contributed by atoms with Gasteiger partial charge in [-0.15, -0.1) is 0 Å². The van der Waals surface area contributed by atoms with Gasteiger partial charge < -0.3 is 15.2 Å². The van der Waals surface area contributed by atoms with Gasteiger partial charge in [-0.25, -0.2) is 4.79 Å². The van der Waals surface area contributed by atoms with E-state index in [1.54, 1.807) is 20.8 Å². The predicted octanol–water partition coefficient (Wildman–Crippen LogP) is 3.93. The Balaban J connectivity index is 0. The fourth-order valence-electron chi connectivity index (χ4n) is 1.10. The Morgan fingerprint density at radius 3 is 1.68 bits per heavy atom. The van der Waals surface area contributed by atoms with Gasteiger partial charge in [0.1, 0.15) is 12.1 Å². The molecule has 0 atom stereocenters. The van der Waals surface area contributed by atoms with Crippen molar-refractivity contribution in [2.75, 3.05) is 6.54 Å². The van der Waals surface area contributed by atoms with Gasteiger partial charge in [0.25, 0.3) is 0 Å². The molecule has 0 saturated carbocycles. The summed E-state index contributed by atoms with van der Waals surface area (Å²) in [6.07, 6.45) is -0.718. The zero-order valence-electron chi connectivity index (χ0n) is 14.7. The molecule has 0 bridgehead atoms. The minimum atomic E-state index is -1.10. The van der Waals surface area contributed by atoms with Crippen LogP contribution in [-0.4, -0.2) is 29.3 Å². The summed E-state index contributed by atoms with van der Waals surface area (Å²) in [5, 5.41) is 10.3. The maximum atomic E-state index is 10.8. The number of rotatable bonds is 2. The first-order valence-electron chi connectivity index (χ1n) is 7.32. The molecule has 0 radical (unpaired) electrons. The second-order valence-electron chi connectivity index (χ2n) is 5.40. The second-order valence-corrected chi connectivity index (χ2v) is 5.40. The first-order valence-corrected chi connectivity index (χ1v) is 7.32. The lowest BCUT2D eigenvalue weighted by Gasteiger charge is -2.19. The summed E-state index contributed by atoms with van der Waals surface area (Å²) in [6, 6.07) is 8.48. The van der Waals surface area contributed by atoms with Crippen LogP contribution in [0.5, 0.6) is 0 Å². The molecule has 2 N–H and O–H groups in total. The summed E-state index contributed by atoms with van der Waals surface area (Å²) >= 11 is 0. The third-order valence-electron chi connectivity index (χ3n) is 2.00. The Kier molecular flexibility index (Phi) is 11.7. The van der Waals surface area contributed by atoms with Crippen LogP contribution in [0.3, 0.4) is 0 Å². The van der Waals surface area contributed by atoms with E-state index < -0.39 is 24.2 Å².